The number of likely N-dealkylation sites (tertiary alicyclic amines) is 2. The summed E-state index contributed by atoms with van der Waals surface area (Å²) >= 11 is 0. The van der Waals surface area contributed by atoms with Crippen molar-refractivity contribution in [2.45, 2.75) is 56.5 Å². The van der Waals surface area contributed by atoms with Crippen molar-refractivity contribution in [3.63, 3.8) is 0 Å². The lowest BCUT2D eigenvalue weighted by molar-refractivity contribution is 0.0758. The molecule has 0 aliphatic carbocycles. The van der Waals surface area contributed by atoms with Crippen LogP contribution < -0.4 is 9.46 Å². The van der Waals surface area contributed by atoms with Gasteiger partial charge >= 0.3 is 0 Å². The van der Waals surface area contributed by atoms with E-state index in [2.05, 4.69) is 21.8 Å². The molecular weight excluding hydrogens is 450 g/mol. The summed E-state index contributed by atoms with van der Waals surface area (Å²) in [6.07, 6.45) is 6.62. The highest BCUT2D eigenvalue weighted by atomic mass is 32.2. The van der Waals surface area contributed by atoms with Crippen molar-refractivity contribution in [3.05, 3.63) is 59.2 Å². The molecule has 2 saturated heterocycles. The maximum Gasteiger partial charge on any atom is 0.257 e. The number of hydrogen-bond acceptors (Lipinski definition) is 5. The van der Waals surface area contributed by atoms with Crippen LogP contribution in [0.25, 0.3) is 0 Å². The third kappa shape index (κ3) is 6.17. The lowest BCUT2D eigenvalue weighted by Gasteiger charge is -2.22. The van der Waals surface area contributed by atoms with Gasteiger partial charge in [-0.2, -0.15) is 0 Å². The van der Waals surface area contributed by atoms with Crippen molar-refractivity contribution < 1.29 is 17.9 Å². The molecule has 2 aliphatic rings. The third-order valence-corrected chi connectivity index (χ3v) is 8.07. The fraction of sp³-hybridized carbons (Fsp3) is 0.500. The molecular formula is C26H35N3O4S. The Kier molecular flexibility index (Phi) is 8.24. The van der Waals surface area contributed by atoms with Crippen LogP contribution in [0, 0.1) is 0 Å². The van der Waals surface area contributed by atoms with Gasteiger partial charge in [0.2, 0.25) is 10.0 Å². The molecule has 0 atom stereocenters. The summed E-state index contributed by atoms with van der Waals surface area (Å²) in [5.41, 5.74) is 2.39. The summed E-state index contributed by atoms with van der Waals surface area (Å²) in [6, 6.07) is 12.5. The van der Waals surface area contributed by atoms with E-state index >= 15 is 0 Å². The van der Waals surface area contributed by atoms with Gasteiger partial charge in [-0.25, -0.2) is 13.1 Å². The standard InChI is InChI=1S/C26H35N3O4S/c1-33-25-12-11-23(18-24(25)26(30)29-15-4-2-3-5-16-29)34(31,32)27-19-21-9-8-10-22(17-21)20-28-13-6-7-14-28/h8-12,17-18,27H,2-7,13-16,19-20H2,1H3. The Labute approximate surface area is 203 Å². The quantitative estimate of drug-likeness (QED) is 0.616. The zero-order chi connectivity index (χ0) is 24.0. The minimum Gasteiger partial charge on any atom is -0.496 e. The van der Waals surface area contributed by atoms with E-state index in [0.717, 1.165) is 50.9 Å². The van der Waals surface area contributed by atoms with E-state index in [4.69, 9.17) is 4.74 Å². The number of hydrogen-bond donors (Lipinski definition) is 1. The number of benzene rings is 2. The summed E-state index contributed by atoms with van der Waals surface area (Å²) in [4.78, 5) is 17.5. The second-order valence-electron chi connectivity index (χ2n) is 9.20. The van der Waals surface area contributed by atoms with Crippen LogP contribution in [0.4, 0.5) is 0 Å². The summed E-state index contributed by atoms with van der Waals surface area (Å²) in [5.74, 6) is 0.216. The molecule has 2 fully saturated rings. The molecule has 34 heavy (non-hydrogen) atoms. The number of carbonyl (C=O) groups excluding carboxylic acids is 1. The molecule has 2 aromatic carbocycles. The molecule has 0 saturated carbocycles. The molecule has 0 bridgehead atoms. The Morgan fingerprint density at radius 1 is 0.912 bits per heavy atom. The normalized spacial score (nSPS) is 17.5. The zero-order valence-corrected chi connectivity index (χ0v) is 20.8. The highest BCUT2D eigenvalue weighted by Crippen LogP contribution is 2.25. The van der Waals surface area contributed by atoms with Crippen molar-refractivity contribution in [2.75, 3.05) is 33.3 Å². The Hall–Kier alpha value is -2.42. The summed E-state index contributed by atoms with van der Waals surface area (Å²) in [5, 5.41) is 0. The molecule has 0 unspecified atom stereocenters. The van der Waals surface area contributed by atoms with Crippen LogP contribution in [0.2, 0.25) is 0 Å². The first kappa shape index (κ1) is 24.7. The van der Waals surface area contributed by atoms with Gasteiger partial charge in [-0.3, -0.25) is 9.69 Å². The summed E-state index contributed by atoms with van der Waals surface area (Å²) in [6.45, 7) is 4.69. The average molecular weight is 486 g/mol. The minimum atomic E-state index is -3.80. The maximum absolute atomic E-state index is 13.2. The van der Waals surface area contributed by atoms with Crippen molar-refractivity contribution in [2.24, 2.45) is 0 Å². The second kappa shape index (κ2) is 11.3. The van der Waals surface area contributed by atoms with E-state index in [1.807, 2.05) is 12.1 Å². The first-order valence-electron chi connectivity index (χ1n) is 12.2. The molecule has 8 heteroatoms. The van der Waals surface area contributed by atoms with E-state index in [-0.39, 0.29) is 17.3 Å². The third-order valence-electron chi connectivity index (χ3n) is 6.67. The van der Waals surface area contributed by atoms with Crippen LogP contribution in [0.5, 0.6) is 5.75 Å². The lowest BCUT2D eigenvalue weighted by atomic mass is 10.1. The highest BCUT2D eigenvalue weighted by molar-refractivity contribution is 7.89. The first-order valence-corrected chi connectivity index (χ1v) is 13.7. The Bertz CT molecular complexity index is 1090. The van der Waals surface area contributed by atoms with Crippen LogP contribution >= 0.6 is 0 Å². The minimum absolute atomic E-state index is 0.0692. The molecule has 1 amide bonds. The van der Waals surface area contributed by atoms with Crippen molar-refractivity contribution >= 4 is 15.9 Å². The largest absolute Gasteiger partial charge is 0.496 e. The van der Waals surface area contributed by atoms with Gasteiger partial charge in [0, 0.05) is 26.2 Å². The van der Waals surface area contributed by atoms with E-state index in [1.54, 1.807) is 11.0 Å². The van der Waals surface area contributed by atoms with Gasteiger partial charge in [0.1, 0.15) is 5.75 Å². The maximum atomic E-state index is 13.2. The number of carbonyl (C=O) groups is 1. The number of ether oxygens (including phenoxy) is 1. The Balaban J connectivity index is 1.47. The fourth-order valence-corrected chi connectivity index (χ4v) is 5.81. The van der Waals surface area contributed by atoms with Gasteiger partial charge in [0.15, 0.2) is 0 Å². The molecule has 4 rings (SSSR count). The van der Waals surface area contributed by atoms with Crippen molar-refractivity contribution in [1.82, 2.24) is 14.5 Å². The lowest BCUT2D eigenvalue weighted by Crippen LogP contribution is -2.32. The number of nitrogens with one attached hydrogen (secondary N) is 1. The van der Waals surface area contributed by atoms with Gasteiger partial charge < -0.3 is 9.64 Å². The van der Waals surface area contributed by atoms with Crippen LogP contribution in [-0.4, -0.2) is 57.4 Å². The van der Waals surface area contributed by atoms with Crippen LogP contribution in [0.15, 0.2) is 47.4 Å². The Morgan fingerprint density at radius 3 is 2.29 bits per heavy atom. The molecule has 1 N–H and O–H groups in total. The fourth-order valence-electron chi connectivity index (χ4n) is 4.76. The van der Waals surface area contributed by atoms with E-state index in [0.29, 0.717) is 24.4 Å². The first-order chi connectivity index (χ1) is 16.5. The van der Waals surface area contributed by atoms with Crippen LogP contribution in [-0.2, 0) is 23.1 Å². The average Bonchev–Trinajstić information content (AvgIpc) is 3.21. The molecule has 0 radical (unpaired) electrons. The van der Waals surface area contributed by atoms with Crippen LogP contribution in [0.1, 0.15) is 60.0 Å². The Morgan fingerprint density at radius 2 is 1.59 bits per heavy atom. The highest BCUT2D eigenvalue weighted by Gasteiger charge is 2.24. The number of sulfonamides is 1. The van der Waals surface area contributed by atoms with Gasteiger partial charge in [-0.1, -0.05) is 37.1 Å². The topological polar surface area (TPSA) is 79.0 Å². The van der Waals surface area contributed by atoms with E-state index in [9.17, 15) is 13.2 Å². The smallest absolute Gasteiger partial charge is 0.257 e. The molecule has 2 aliphatic heterocycles. The second-order valence-corrected chi connectivity index (χ2v) is 11.0. The van der Waals surface area contributed by atoms with Gasteiger partial charge in [0.05, 0.1) is 17.6 Å². The monoisotopic (exact) mass is 485 g/mol. The molecule has 2 aromatic rings. The number of methoxy groups -OCH3 is 1. The summed E-state index contributed by atoms with van der Waals surface area (Å²) in [7, 11) is -2.30. The summed E-state index contributed by atoms with van der Waals surface area (Å²) < 4.78 is 34.3. The molecule has 2 heterocycles. The van der Waals surface area contributed by atoms with E-state index in [1.165, 1.54) is 37.6 Å². The number of rotatable bonds is 8. The molecule has 184 valence electrons. The zero-order valence-electron chi connectivity index (χ0n) is 20.0. The SMILES string of the molecule is COc1ccc(S(=O)(=O)NCc2cccc(CN3CCCC3)c2)cc1C(=O)N1CCCCCC1. The molecule has 7 nitrogen and oxygen atoms in total. The molecule has 0 aromatic heterocycles. The van der Waals surface area contributed by atoms with Gasteiger partial charge in [0.25, 0.3) is 5.91 Å². The van der Waals surface area contributed by atoms with E-state index < -0.39 is 10.0 Å². The van der Waals surface area contributed by atoms with Crippen molar-refractivity contribution in [3.8, 4) is 5.75 Å². The van der Waals surface area contributed by atoms with Gasteiger partial charge in [-0.15, -0.1) is 0 Å². The predicted octanol–water partition coefficient (Wildman–Crippen LogP) is 3.79. The number of amides is 1. The molecule has 0 spiro atoms. The van der Waals surface area contributed by atoms with Gasteiger partial charge in [-0.05, 0) is 68.1 Å². The number of nitrogens with zero attached hydrogens (tertiary/aromatic N) is 2. The van der Waals surface area contributed by atoms with Crippen LogP contribution in [0.3, 0.4) is 0 Å². The van der Waals surface area contributed by atoms with Crippen molar-refractivity contribution in [1.29, 1.82) is 0 Å². The predicted molar refractivity (Wildman–Crippen MR) is 132 cm³/mol.